The van der Waals surface area contributed by atoms with E-state index in [-0.39, 0.29) is 18.1 Å². The summed E-state index contributed by atoms with van der Waals surface area (Å²) >= 11 is 3.63. The number of allylic oxidation sites excluding steroid dienone is 2. The summed E-state index contributed by atoms with van der Waals surface area (Å²) < 4.78 is 20.6. The van der Waals surface area contributed by atoms with Gasteiger partial charge in [0.25, 0.3) is 0 Å². The van der Waals surface area contributed by atoms with E-state index < -0.39 is 5.60 Å². The maximum absolute atomic E-state index is 13.9. The lowest BCUT2D eigenvalue weighted by Crippen LogP contribution is -2.27. The van der Waals surface area contributed by atoms with Crippen LogP contribution >= 0.6 is 15.9 Å². The quantitative estimate of drug-likeness (QED) is 0.441. The van der Waals surface area contributed by atoms with Gasteiger partial charge in [-0.3, -0.25) is 9.97 Å². The zero-order valence-electron chi connectivity index (χ0n) is 19.5. The van der Waals surface area contributed by atoms with Crippen LogP contribution in [0.15, 0.2) is 70.8 Å². The molecular weight excluding hydrogens is 499 g/mol. The molecule has 1 aliphatic heterocycles. The van der Waals surface area contributed by atoms with E-state index in [1.807, 2.05) is 44.3 Å². The first-order valence-electron chi connectivity index (χ1n) is 10.9. The minimum Gasteiger partial charge on any atom is -0.486 e. The first kappa shape index (κ1) is 24.0. The Labute approximate surface area is 207 Å². The Morgan fingerprint density at radius 1 is 1.15 bits per heavy atom. The van der Waals surface area contributed by atoms with Gasteiger partial charge >= 0.3 is 0 Å². The van der Waals surface area contributed by atoms with Crippen LogP contribution in [0.25, 0.3) is 11.4 Å². The second kappa shape index (κ2) is 9.64. The lowest BCUT2D eigenvalue weighted by molar-refractivity contribution is 0.0740. The van der Waals surface area contributed by atoms with Crippen molar-refractivity contribution >= 4 is 21.6 Å². The minimum absolute atomic E-state index is 0.0442. The minimum atomic E-state index is -1.04. The van der Waals surface area contributed by atoms with Crippen molar-refractivity contribution in [2.45, 2.75) is 39.9 Å². The summed E-state index contributed by atoms with van der Waals surface area (Å²) in [5.41, 5.74) is 4.18. The number of aryl methyl sites for hydroxylation is 1. The average Bonchev–Trinajstić information content (AvgIpc) is 2.80. The van der Waals surface area contributed by atoms with Crippen molar-refractivity contribution in [2.75, 3.05) is 11.4 Å². The number of aromatic nitrogens is 3. The van der Waals surface area contributed by atoms with E-state index in [0.29, 0.717) is 29.4 Å². The molecule has 0 bridgehead atoms. The second-order valence-electron chi connectivity index (χ2n) is 8.68. The van der Waals surface area contributed by atoms with Gasteiger partial charge < -0.3 is 14.7 Å². The second-order valence-corrected chi connectivity index (χ2v) is 9.64. The van der Waals surface area contributed by atoms with Crippen molar-refractivity contribution in [2.24, 2.45) is 0 Å². The van der Waals surface area contributed by atoms with Crippen LogP contribution in [0.4, 0.5) is 10.1 Å². The van der Waals surface area contributed by atoms with Gasteiger partial charge in [-0.1, -0.05) is 6.07 Å². The predicted molar refractivity (Wildman–Crippen MR) is 133 cm³/mol. The normalized spacial score (nSPS) is 14.3. The Balaban J connectivity index is 1.59. The summed E-state index contributed by atoms with van der Waals surface area (Å²) in [4.78, 5) is 15.4. The number of pyridine rings is 3. The van der Waals surface area contributed by atoms with Gasteiger partial charge in [-0.2, -0.15) is 0 Å². The molecule has 0 amide bonds. The SMILES string of the molecule is CC1=CC(OCc2ncccc2F)=C(Br)CN1c1cc(-c2cccc(C(C)(C)O)n2)ncc1C. The van der Waals surface area contributed by atoms with E-state index in [4.69, 9.17) is 4.74 Å². The molecule has 0 fully saturated rings. The summed E-state index contributed by atoms with van der Waals surface area (Å²) in [6, 6.07) is 10.5. The molecule has 34 heavy (non-hydrogen) atoms. The molecule has 0 aliphatic carbocycles. The highest BCUT2D eigenvalue weighted by Gasteiger charge is 2.22. The molecule has 8 heteroatoms. The van der Waals surface area contributed by atoms with Crippen molar-refractivity contribution in [3.63, 3.8) is 0 Å². The third kappa shape index (κ3) is 5.18. The third-order valence-corrected chi connectivity index (χ3v) is 6.17. The number of hydrogen-bond donors (Lipinski definition) is 1. The first-order valence-corrected chi connectivity index (χ1v) is 11.7. The van der Waals surface area contributed by atoms with Gasteiger partial charge in [0.2, 0.25) is 0 Å². The molecule has 4 rings (SSSR count). The van der Waals surface area contributed by atoms with Crippen molar-refractivity contribution in [3.8, 4) is 11.4 Å². The van der Waals surface area contributed by atoms with Crippen LogP contribution < -0.4 is 4.90 Å². The van der Waals surface area contributed by atoms with E-state index in [1.54, 1.807) is 32.2 Å². The number of nitrogens with zero attached hydrogens (tertiary/aromatic N) is 4. The maximum atomic E-state index is 13.9. The molecule has 0 unspecified atom stereocenters. The van der Waals surface area contributed by atoms with E-state index in [2.05, 4.69) is 35.8 Å². The van der Waals surface area contributed by atoms with Crippen LogP contribution in [-0.2, 0) is 16.9 Å². The van der Waals surface area contributed by atoms with Crippen molar-refractivity contribution in [3.05, 3.63) is 93.6 Å². The molecule has 0 saturated heterocycles. The van der Waals surface area contributed by atoms with E-state index >= 15 is 0 Å². The van der Waals surface area contributed by atoms with Crippen LogP contribution in [-0.4, -0.2) is 26.6 Å². The Hall–Kier alpha value is -3.10. The molecule has 1 aliphatic rings. The first-order chi connectivity index (χ1) is 16.1. The van der Waals surface area contributed by atoms with Gasteiger partial charge in [-0.25, -0.2) is 9.37 Å². The fourth-order valence-corrected chi connectivity index (χ4v) is 4.09. The molecule has 1 N–H and O–H groups in total. The number of ether oxygens (including phenoxy) is 1. The van der Waals surface area contributed by atoms with Gasteiger partial charge in [0.05, 0.1) is 28.1 Å². The topological polar surface area (TPSA) is 71.4 Å². The van der Waals surface area contributed by atoms with Crippen molar-refractivity contribution in [1.29, 1.82) is 0 Å². The van der Waals surface area contributed by atoms with Crippen LogP contribution in [0.2, 0.25) is 0 Å². The Bertz CT molecular complexity index is 1280. The number of rotatable bonds is 6. The molecule has 0 aromatic carbocycles. The lowest BCUT2D eigenvalue weighted by Gasteiger charge is -2.31. The molecule has 3 aromatic rings. The molecular formula is C26H26BrFN4O2. The molecule has 0 saturated carbocycles. The van der Waals surface area contributed by atoms with Crippen LogP contribution in [0.3, 0.4) is 0 Å². The lowest BCUT2D eigenvalue weighted by atomic mass is 10.0. The third-order valence-electron chi connectivity index (χ3n) is 5.53. The number of aliphatic hydroxyl groups is 1. The molecule has 0 spiro atoms. The van der Waals surface area contributed by atoms with E-state index in [1.165, 1.54) is 6.07 Å². The Morgan fingerprint density at radius 2 is 1.94 bits per heavy atom. The smallest absolute Gasteiger partial charge is 0.148 e. The highest BCUT2D eigenvalue weighted by atomic mass is 79.9. The molecule has 6 nitrogen and oxygen atoms in total. The highest BCUT2D eigenvalue weighted by molar-refractivity contribution is 9.11. The Kier molecular flexibility index (Phi) is 6.81. The zero-order valence-corrected chi connectivity index (χ0v) is 21.1. The monoisotopic (exact) mass is 524 g/mol. The molecule has 0 atom stereocenters. The van der Waals surface area contributed by atoms with Crippen molar-refractivity contribution in [1.82, 2.24) is 15.0 Å². The number of anilines is 1. The van der Waals surface area contributed by atoms with Crippen LogP contribution in [0.1, 0.15) is 37.7 Å². The fourth-order valence-electron chi connectivity index (χ4n) is 3.62. The molecule has 4 heterocycles. The predicted octanol–water partition coefficient (Wildman–Crippen LogP) is 5.76. The summed E-state index contributed by atoms with van der Waals surface area (Å²) in [5, 5.41) is 10.3. The summed E-state index contributed by atoms with van der Waals surface area (Å²) in [6.07, 6.45) is 5.29. The maximum Gasteiger partial charge on any atom is 0.148 e. The average molecular weight is 525 g/mol. The number of halogens is 2. The molecule has 176 valence electrons. The van der Waals surface area contributed by atoms with Gasteiger partial charge in [-0.15, -0.1) is 0 Å². The zero-order chi connectivity index (χ0) is 24.5. The summed E-state index contributed by atoms with van der Waals surface area (Å²) in [7, 11) is 0. The summed E-state index contributed by atoms with van der Waals surface area (Å²) in [5.74, 6) is 0.254. The van der Waals surface area contributed by atoms with Crippen LogP contribution in [0.5, 0.6) is 0 Å². The molecule has 0 radical (unpaired) electrons. The van der Waals surface area contributed by atoms with Crippen molar-refractivity contribution < 1.29 is 14.2 Å². The standard InChI is InChI=1S/C26H26BrFN4O2/c1-16-13-30-21(20-8-5-9-25(31-20)26(3,4)33)12-23(16)32-14-18(27)24(11-17(32)2)34-15-22-19(28)7-6-10-29-22/h5-13,33H,14-15H2,1-4H3. The van der Waals surface area contributed by atoms with Gasteiger partial charge in [0.15, 0.2) is 0 Å². The van der Waals surface area contributed by atoms with Crippen LogP contribution in [0, 0.1) is 12.7 Å². The van der Waals surface area contributed by atoms with Gasteiger partial charge in [0, 0.05) is 29.9 Å². The number of hydrogen-bond acceptors (Lipinski definition) is 6. The fraction of sp³-hybridized carbons (Fsp3) is 0.269. The highest BCUT2D eigenvalue weighted by Crippen LogP contribution is 2.34. The van der Waals surface area contributed by atoms with E-state index in [9.17, 15) is 9.50 Å². The van der Waals surface area contributed by atoms with Gasteiger partial charge in [-0.05, 0) is 79.5 Å². The molecule has 3 aromatic heterocycles. The van der Waals surface area contributed by atoms with Gasteiger partial charge in [0.1, 0.15) is 29.5 Å². The van der Waals surface area contributed by atoms with E-state index in [0.717, 1.165) is 21.4 Å². The largest absolute Gasteiger partial charge is 0.486 e. The Morgan fingerprint density at radius 3 is 2.68 bits per heavy atom. The summed E-state index contributed by atoms with van der Waals surface area (Å²) in [6.45, 7) is 8.01.